The number of rotatable bonds is 5. The fourth-order valence-corrected chi connectivity index (χ4v) is 5.47. The molecule has 36 heavy (non-hydrogen) atoms. The average molecular weight is 481 g/mol. The zero-order valence-electron chi connectivity index (χ0n) is 20.7. The highest BCUT2D eigenvalue weighted by Crippen LogP contribution is 2.30. The number of carbonyl (C=O) groups is 1. The lowest BCUT2D eigenvalue weighted by molar-refractivity contribution is 0.0713. The van der Waals surface area contributed by atoms with Crippen LogP contribution < -0.4 is 10.2 Å². The molecule has 6 rings (SSSR count). The molecule has 2 N–H and O–H groups in total. The molecule has 2 fully saturated rings. The minimum absolute atomic E-state index is 0.0925. The third-order valence-corrected chi connectivity index (χ3v) is 7.62. The number of nitrogens with one attached hydrogen (secondary N) is 2. The quantitative estimate of drug-likeness (QED) is 0.406. The number of benzene rings is 2. The van der Waals surface area contributed by atoms with Crippen LogP contribution in [0.3, 0.4) is 0 Å². The lowest BCUT2D eigenvalue weighted by atomic mass is 9.89. The van der Waals surface area contributed by atoms with E-state index >= 15 is 0 Å². The van der Waals surface area contributed by atoms with Gasteiger partial charge in [-0.15, -0.1) is 0 Å². The van der Waals surface area contributed by atoms with E-state index in [0.717, 1.165) is 72.9 Å². The van der Waals surface area contributed by atoms with Crippen LogP contribution in [0.15, 0.2) is 60.8 Å². The van der Waals surface area contributed by atoms with Gasteiger partial charge < -0.3 is 20.1 Å². The molecule has 184 valence electrons. The molecule has 4 heterocycles. The first-order valence-corrected chi connectivity index (χ1v) is 13.0. The predicted molar refractivity (Wildman–Crippen MR) is 145 cm³/mol. The zero-order chi connectivity index (χ0) is 24.5. The Balaban J connectivity index is 1.16. The Hall–Kier alpha value is -3.87. The van der Waals surface area contributed by atoms with Crippen LogP contribution in [-0.2, 0) is 0 Å². The molecule has 7 heteroatoms. The van der Waals surface area contributed by atoms with Crippen LogP contribution in [0, 0.1) is 0 Å². The van der Waals surface area contributed by atoms with Crippen molar-refractivity contribution in [2.24, 2.45) is 0 Å². The number of anilines is 2. The van der Waals surface area contributed by atoms with Crippen molar-refractivity contribution in [3.05, 3.63) is 71.9 Å². The highest BCUT2D eigenvalue weighted by atomic mass is 16.2. The SMILES string of the molecule is CNc1ccc(C2CCN(C(=O)c3cccc(-c4nc5cc(N6CCCC6)ncc5[nH]4)c3)CC2)cc1. The van der Waals surface area contributed by atoms with Crippen molar-refractivity contribution in [2.45, 2.75) is 31.6 Å². The van der Waals surface area contributed by atoms with Gasteiger partial charge in [0.1, 0.15) is 11.6 Å². The first-order valence-electron chi connectivity index (χ1n) is 13.0. The number of hydrogen-bond donors (Lipinski definition) is 2. The number of aromatic amines is 1. The van der Waals surface area contributed by atoms with Gasteiger partial charge in [0.15, 0.2) is 0 Å². The summed E-state index contributed by atoms with van der Waals surface area (Å²) in [7, 11) is 1.94. The Bertz CT molecular complexity index is 1360. The molecule has 2 aliphatic heterocycles. The predicted octanol–water partition coefficient (Wildman–Crippen LogP) is 5.29. The van der Waals surface area contributed by atoms with Crippen LogP contribution in [0.25, 0.3) is 22.4 Å². The molecule has 0 unspecified atom stereocenters. The van der Waals surface area contributed by atoms with E-state index in [-0.39, 0.29) is 5.91 Å². The van der Waals surface area contributed by atoms with E-state index in [1.54, 1.807) is 0 Å². The van der Waals surface area contributed by atoms with Crippen LogP contribution in [0.2, 0.25) is 0 Å². The summed E-state index contributed by atoms with van der Waals surface area (Å²) in [5, 5.41) is 3.17. The summed E-state index contributed by atoms with van der Waals surface area (Å²) >= 11 is 0. The Morgan fingerprint density at radius 2 is 1.78 bits per heavy atom. The molecule has 7 nitrogen and oxygen atoms in total. The number of amides is 1. The molecular formula is C29H32N6O. The molecule has 0 bridgehead atoms. The zero-order valence-corrected chi connectivity index (χ0v) is 20.7. The standard InChI is InChI=1S/C29H32N6O/c1-30-24-9-7-20(8-10-24)21-11-15-35(16-12-21)29(36)23-6-4-5-22(17-23)28-32-25-18-27(31-19-26(25)33-28)34-13-2-3-14-34/h4-10,17-19,21,30H,2-3,11-16H2,1H3,(H,32,33). The lowest BCUT2D eigenvalue weighted by Crippen LogP contribution is -2.37. The number of nitrogens with zero attached hydrogens (tertiary/aromatic N) is 4. The first-order chi connectivity index (χ1) is 17.7. The van der Waals surface area contributed by atoms with Crippen molar-refractivity contribution in [1.82, 2.24) is 19.9 Å². The van der Waals surface area contributed by atoms with Crippen LogP contribution in [0.4, 0.5) is 11.5 Å². The van der Waals surface area contributed by atoms with Gasteiger partial charge in [-0.1, -0.05) is 24.3 Å². The van der Waals surface area contributed by atoms with E-state index in [0.29, 0.717) is 11.5 Å². The largest absolute Gasteiger partial charge is 0.388 e. The van der Waals surface area contributed by atoms with Gasteiger partial charge >= 0.3 is 0 Å². The van der Waals surface area contributed by atoms with Gasteiger partial charge in [-0.25, -0.2) is 9.97 Å². The van der Waals surface area contributed by atoms with Crippen molar-refractivity contribution < 1.29 is 4.79 Å². The van der Waals surface area contributed by atoms with Crippen LogP contribution in [0.5, 0.6) is 0 Å². The molecule has 2 aliphatic rings. The summed E-state index contributed by atoms with van der Waals surface area (Å²) < 4.78 is 0. The number of likely N-dealkylation sites (tertiary alicyclic amines) is 1. The smallest absolute Gasteiger partial charge is 0.253 e. The maximum Gasteiger partial charge on any atom is 0.253 e. The summed E-state index contributed by atoms with van der Waals surface area (Å²) in [6, 6.07) is 18.5. The van der Waals surface area contributed by atoms with E-state index in [9.17, 15) is 4.79 Å². The Morgan fingerprint density at radius 1 is 1.00 bits per heavy atom. The summed E-state index contributed by atoms with van der Waals surface area (Å²) in [4.78, 5) is 30.5. The Labute approximate surface area is 211 Å². The van der Waals surface area contributed by atoms with E-state index in [4.69, 9.17) is 4.98 Å². The van der Waals surface area contributed by atoms with Gasteiger partial charge in [0.2, 0.25) is 0 Å². The Kier molecular flexibility index (Phi) is 6.05. The van der Waals surface area contributed by atoms with E-state index in [1.165, 1.54) is 18.4 Å². The summed E-state index contributed by atoms with van der Waals surface area (Å²) in [6.07, 6.45) is 6.27. The molecule has 2 aromatic heterocycles. The van der Waals surface area contributed by atoms with Crippen molar-refractivity contribution >= 4 is 28.4 Å². The molecule has 2 saturated heterocycles. The third-order valence-electron chi connectivity index (χ3n) is 7.62. The second-order valence-electron chi connectivity index (χ2n) is 9.86. The minimum atomic E-state index is 0.0925. The number of imidazole rings is 1. The number of aromatic nitrogens is 3. The van der Waals surface area contributed by atoms with E-state index < -0.39 is 0 Å². The van der Waals surface area contributed by atoms with Crippen molar-refractivity contribution in [2.75, 3.05) is 43.4 Å². The first kappa shape index (κ1) is 22.6. The average Bonchev–Trinajstić information content (AvgIpc) is 3.63. The summed E-state index contributed by atoms with van der Waals surface area (Å²) in [6.45, 7) is 3.66. The molecule has 4 aromatic rings. The molecule has 0 saturated carbocycles. The normalized spacial score (nSPS) is 16.6. The van der Waals surface area contributed by atoms with Crippen molar-refractivity contribution in [3.63, 3.8) is 0 Å². The third kappa shape index (κ3) is 4.41. The van der Waals surface area contributed by atoms with Gasteiger partial charge in [-0.3, -0.25) is 4.79 Å². The lowest BCUT2D eigenvalue weighted by Gasteiger charge is -2.32. The topological polar surface area (TPSA) is 77.2 Å². The van der Waals surface area contributed by atoms with Gasteiger partial charge in [0.05, 0.1) is 17.2 Å². The number of fused-ring (bicyclic) bond motifs is 1. The maximum atomic E-state index is 13.3. The van der Waals surface area contributed by atoms with Crippen molar-refractivity contribution in [3.8, 4) is 11.4 Å². The molecule has 0 spiro atoms. The number of piperidine rings is 1. The van der Waals surface area contributed by atoms with Crippen LogP contribution in [-0.4, -0.2) is 59.0 Å². The van der Waals surface area contributed by atoms with E-state index in [1.807, 2.05) is 42.4 Å². The van der Waals surface area contributed by atoms with Crippen LogP contribution in [0.1, 0.15) is 47.5 Å². The Morgan fingerprint density at radius 3 is 2.53 bits per heavy atom. The second kappa shape index (κ2) is 9.64. The monoisotopic (exact) mass is 480 g/mol. The highest BCUT2D eigenvalue weighted by molar-refractivity contribution is 5.95. The van der Waals surface area contributed by atoms with Crippen LogP contribution >= 0.6 is 0 Å². The van der Waals surface area contributed by atoms with E-state index in [2.05, 4.69) is 50.5 Å². The number of pyridine rings is 1. The molecule has 1 amide bonds. The second-order valence-corrected chi connectivity index (χ2v) is 9.86. The summed E-state index contributed by atoms with van der Waals surface area (Å²) in [5.41, 5.74) is 5.92. The molecule has 2 aromatic carbocycles. The van der Waals surface area contributed by atoms with Crippen molar-refractivity contribution in [1.29, 1.82) is 0 Å². The number of H-pyrrole nitrogens is 1. The van der Waals surface area contributed by atoms with Gasteiger partial charge in [0, 0.05) is 56.1 Å². The number of hydrogen-bond acceptors (Lipinski definition) is 5. The molecule has 0 atom stereocenters. The van der Waals surface area contributed by atoms with Gasteiger partial charge in [0.25, 0.3) is 5.91 Å². The molecule has 0 radical (unpaired) electrons. The molecule has 0 aliphatic carbocycles. The van der Waals surface area contributed by atoms with Gasteiger partial charge in [-0.05, 0) is 61.4 Å². The molecular weight excluding hydrogens is 448 g/mol. The maximum absolute atomic E-state index is 13.3. The minimum Gasteiger partial charge on any atom is -0.388 e. The fraction of sp³-hybridized carbons (Fsp3) is 0.345. The highest BCUT2D eigenvalue weighted by Gasteiger charge is 2.25. The van der Waals surface area contributed by atoms with Gasteiger partial charge in [-0.2, -0.15) is 0 Å². The summed E-state index contributed by atoms with van der Waals surface area (Å²) in [5.74, 6) is 2.35. The number of carbonyl (C=O) groups excluding carboxylic acids is 1. The fourth-order valence-electron chi connectivity index (χ4n) is 5.47.